The van der Waals surface area contributed by atoms with Gasteiger partial charge in [-0.3, -0.25) is 0 Å². The van der Waals surface area contributed by atoms with Gasteiger partial charge >= 0.3 is 0 Å². The molecule has 2 rings (SSSR count). The number of aryl methyl sites for hydroxylation is 1. The van der Waals surface area contributed by atoms with Crippen molar-refractivity contribution in [3.05, 3.63) is 28.6 Å². The number of benzene rings is 1. The first-order valence-corrected chi connectivity index (χ1v) is 4.82. The van der Waals surface area contributed by atoms with Gasteiger partial charge < -0.3 is 9.40 Å². The maximum Gasteiger partial charge on any atom is 0.266 e. The van der Waals surface area contributed by atoms with Crippen molar-refractivity contribution in [2.75, 3.05) is 0 Å². The smallest absolute Gasteiger partial charge is 0.266 e. The van der Waals surface area contributed by atoms with Gasteiger partial charge in [-0.15, -0.1) is 0 Å². The van der Waals surface area contributed by atoms with Crippen LogP contribution in [-0.4, -0.2) is 4.98 Å². The van der Waals surface area contributed by atoms with Crippen LogP contribution >= 0.6 is 12.2 Å². The van der Waals surface area contributed by atoms with E-state index in [4.69, 9.17) is 16.6 Å². The van der Waals surface area contributed by atoms with Crippen LogP contribution in [0.4, 0.5) is 0 Å². The fourth-order valence-corrected chi connectivity index (χ4v) is 1.63. The maximum atomic E-state index is 5.31. The van der Waals surface area contributed by atoms with E-state index in [-0.39, 0.29) is 0 Å². The highest BCUT2D eigenvalue weighted by Crippen LogP contribution is 2.16. The van der Waals surface area contributed by atoms with E-state index in [1.54, 1.807) is 0 Å². The second-order valence-corrected chi connectivity index (χ2v) is 3.47. The Bertz CT molecular complexity index is 469. The lowest BCUT2D eigenvalue weighted by molar-refractivity contribution is 0.583. The van der Waals surface area contributed by atoms with Crippen LogP contribution in [0.5, 0.6) is 0 Å². The Labute approximate surface area is 81.6 Å². The molecule has 2 aromatic rings. The van der Waals surface area contributed by atoms with Crippen molar-refractivity contribution in [1.82, 2.24) is 4.98 Å². The Morgan fingerprint density at radius 3 is 3.08 bits per heavy atom. The van der Waals surface area contributed by atoms with E-state index in [1.165, 1.54) is 5.56 Å². The number of oxazole rings is 1. The molecule has 0 amide bonds. The number of rotatable bonds is 2. The van der Waals surface area contributed by atoms with Gasteiger partial charge in [0.2, 0.25) is 0 Å². The molecule has 1 N–H and O–H groups in total. The van der Waals surface area contributed by atoms with Gasteiger partial charge in [0.1, 0.15) is 0 Å². The Kier molecular flexibility index (Phi) is 2.19. The zero-order chi connectivity index (χ0) is 9.26. The minimum Gasteiger partial charge on any atom is -0.429 e. The second kappa shape index (κ2) is 3.34. The molecule has 3 heteroatoms. The highest BCUT2D eigenvalue weighted by molar-refractivity contribution is 7.71. The fourth-order valence-electron chi connectivity index (χ4n) is 1.43. The van der Waals surface area contributed by atoms with Crippen LogP contribution in [0.15, 0.2) is 22.6 Å². The highest BCUT2D eigenvalue weighted by Gasteiger charge is 1.99. The quantitative estimate of drug-likeness (QED) is 0.740. The standard InChI is InChI=1S/C10H11NOS/c1-2-3-7-4-5-8-9(6-7)12-10(13)11-8/h4-6H,2-3H2,1H3,(H,11,13). The molecule has 0 aliphatic carbocycles. The van der Waals surface area contributed by atoms with E-state index in [2.05, 4.69) is 18.0 Å². The largest absolute Gasteiger partial charge is 0.429 e. The predicted molar refractivity (Wildman–Crippen MR) is 55.4 cm³/mol. The van der Waals surface area contributed by atoms with Crippen molar-refractivity contribution in [2.45, 2.75) is 19.8 Å². The Balaban J connectivity index is 2.54. The number of hydrogen-bond acceptors (Lipinski definition) is 2. The maximum absolute atomic E-state index is 5.31. The number of H-pyrrole nitrogens is 1. The topological polar surface area (TPSA) is 28.9 Å². The fraction of sp³-hybridized carbons (Fsp3) is 0.300. The van der Waals surface area contributed by atoms with E-state index in [0.717, 1.165) is 23.9 Å². The van der Waals surface area contributed by atoms with Gasteiger partial charge in [0.25, 0.3) is 4.84 Å². The van der Waals surface area contributed by atoms with E-state index < -0.39 is 0 Å². The van der Waals surface area contributed by atoms with Gasteiger partial charge in [0.05, 0.1) is 5.52 Å². The third-order valence-electron chi connectivity index (χ3n) is 2.02. The van der Waals surface area contributed by atoms with Crippen LogP contribution in [0.25, 0.3) is 11.1 Å². The van der Waals surface area contributed by atoms with Crippen molar-refractivity contribution < 1.29 is 4.42 Å². The normalized spacial score (nSPS) is 10.8. The molecule has 1 aromatic heterocycles. The number of aromatic nitrogens is 1. The Hall–Kier alpha value is -1.09. The first-order chi connectivity index (χ1) is 6.29. The van der Waals surface area contributed by atoms with E-state index in [0.29, 0.717) is 4.84 Å². The lowest BCUT2D eigenvalue weighted by atomic mass is 10.1. The summed E-state index contributed by atoms with van der Waals surface area (Å²) in [6.45, 7) is 2.16. The Morgan fingerprint density at radius 1 is 1.46 bits per heavy atom. The molecule has 0 unspecified atom stereocenters. The second-order valence-electron chi connectivity index (χ2n) is 3.10. The van der Waals surface area contributed by atoms with E-state index in [9.17, 15) is 0 Å². The molecule has 2 nitrogen and oxygen atoms in total. The first-order valence-electron chi connectivity index (χ1n) is 4.41. The van der Waals surface area contributed by atoms with Gasteiger partial charge in [0.15, 0.2) is 5.58 Å². The van der Waals surface area contributed by atoms with Crippen LogP contribution in [0.3, 0.4) is 0 Å². The Morgan fingerprint density at radius 2 is 2.31 bits per heavy atom. The third-order valence-corrected chi connectivity index (χ3v) is 2.21. The van der Waals surface area contributed by atoms with Crippen molar-refractivity contribution in [3.8, 4) is 0 Å². The summed E-state index contributed by atoms with van der Waals surface area (Å²) in [5, 5.41) is 0. The average Bonchev–Trinajstić information content (AvgIpc) is 2.44. The lowest BCUT2D eigenvalue weighted by Gasteiger charge is -1.96. The van der Waals surface area contributed by atoms with Gasteiger partial charge in [-0.05, 0) is 36.3 Å². The molecule has 13 heavy (non-hydrogen) atoms. The van der Waals surface area contributed by atoms with Crippen LogP contribution in [0.2, 0.25) is 0 Å². The molecule has 0 bridgehead atoms. The van der Waals surface area contributed by atoms with Crippen LogP contribution in [0, 0.1) is 4.84 Å². The van der Waals surface area contributed by atoms with E-state index >= 15 is 0 Å². The monoisotopic (exact) mass is 193 g/mol. The molecule has 0 atom stereocenters. The van der Waals surface area contributed by atoms with Crippen molar-refractivity contribution in [1.29, 1.82) is 0 Å². The summed E-state index contributed by atoms with van der Waals surface area (Å²) in [6.07, 6.45) is 2.24. The van der Waals surface area contributed by atoms with Gasteiger partial charge in [-0.1, -0.05) is 19.4 Å². The molecule has 0 saturated carbocycles. The lowest BCUT2D eigenvalue weighted by Crippen LogP contribution is -1.81. The third kappa shape index (κ3) is 1.65. The molecule has 0 saturated heterocycles. The zero-order valence-electron chi connectivity index (χ0n) is 7.46. The number of fused-ring (bicyclic) bond motifs is 1. The van der Waals surface area contributed by atoms with Crippen molar-refractivity contribution in [3.63, 3.8) is 0 Å². The van der Waals surface area contributed by atoms with E-state index in [1.807, 2.05) is 12.1 Å². The van der Waals surface area contributed by atoms with Gasteiger partial charge in [0, 0.05) is 0 Å². The van der Waals surface area contributed by atoms with Crippen molar-refractivity contribution in [2.24, 2.45) is 0 Å². The van der Waals surface area contributed by atoms with Crippen LogP contribution < -0.4 is 0 Å². The van der Waals surface area contributed by atoms with Gasteiger partial charge in [-0.25, -0.2) is 0 Å². The first kappa shape index (κ1) is 8.51. The summed E-state index contributed by atoms with van der Waals surface area (Å²) in [5.41, 5.74) is 3.13. The zero-order valence-corrected chi connectivity index (χ0v) is 8.28. The molecule has 0 spiro atoms. The molecule has 1 aromatic carbocycles. The summed E-state index contributed by atoms with van der Waals surface area (Å²) < 4.78 is 5.31. The summed E-state index contributed by atoms with van der Waals surface area (Å²) >= 11 is 4.90. The molecule has 0 radical (unpaired) electrons. The summed E-state index contributed by atoms with van der Waals surface area (Å²) in [6, 6.07) is 6.16. The summed E-state index contributed by atoms with van der Waals surface area (Å²) in [5.74, 6) is 0. The number of hydrogen-bond donors (Lipinski definition) is 1. The molecule has 68 valence electrons. The molecule has 1 heterocycles. The van der Waals surface area contributed by atoms with Crippen LogP contribution in [-0.2, 0) is 6.42 Å². The molecule has 0 aliphatic rings. The highest BCUT2D eigenvalue weighted by atomic mass is 32.1. The van der Waals surface area contributed by atoms with Gasteiger partial charge in [-0.2, -0.15) is 0 Å². The molecule has 0 aliphatic heterocycles. The predicted octanol–water partition coefficient (Wildman–Crippen LogP) is 3.44. The van der Waals surface area contributed by atoms with Crippen LogP contribution in [0.1, 0.15) is 18.9 Å². The molecular weight excluding hydrogens is 182 g/mol. The number of aromatic amines is 1. The summed E-state index contributed by atoms with van der Waals surface area (Å²) in [4.78, 5) is 3.42. The SMILES string of the molecule is CCCc1ccc2[nH]c(=S)oc2c1. The summed E-state index contributed by atoms with van der Waals surface area (Å²) in [7, 11) is 0. The average molecular weight is 193 g/mol. The minimum atomic E-state index is 0.448. The minimum absolute atomic E-state index is 0.448. The van der Waals surface area contributed by atoms with Crippen molar-refractivity contribution >= 4 is 23.3 Å². The number of nitrogens with one attached hydrogen (secondary N) is 1. The molecule has 0 fully saturated rings. The molecular formula is C10H11NOS.